The molecule has 1 heterocycles. The van der Waals surface area contributed by atoms with E-state index in [2.05, 4.69) is 4.98 Å². The van der Waals surface area contributed by atoms with E-state index < -0.39 is 5.82 Å². The second-order valence-electron chi connectivity index (χ2n) is 3.07. The van der Waals surface area contributed by atoms with E-state index in [9.17, 15) is 9.18 Å². The van der Waals surface area contributed by atoms with Crippen molar-refractivity contribution < 1.29 is 9.18 Å². The molecule has 0 amide bonds. The molecule has 74 valence electrons. The molecule has 1 aromatic heterocycles. The Balaban J connectivity index is 2.59. The molecule has 1 aromatic carbocycles. The quantitative estimate of drug-likeness (QED) is 0.699. The Morgan fingerprint density at radius 1 is 1.13 bits per heavy atom. The zero-order valence-electron chi connectivity index (χ0n) is 7.85. The molecule has 2 nitrogen and oxygen atoms in total. The number of rotatable bonds is 2. The minimum atomic E-state index is -0.522. The molecule has 0 aliphatic heterocycles. The molecule has 0 spiro atoms. The molecule has 0 aliphatic carbocycles. The summed E-state index contributed by atoms with van der Waals surface area (Å²) in [5.74, 6) is -0.522. The maximum absolute atomic E-state index is 13.7. The highest BCUT2D eigenvalue weighted by molar-refractivity contribution is 5.78. The zero-order chi connectivity index (χ0) is 10.7. The van der Waals surface area contributed by atoms with Crippen LogP contribution in [0.1, 0.15) is 10.4 Å². The molecule has 0 N–H and O–H groups in total. The Morgan fingerprint density at radius 2 is 1.87 bits per heavy atom. The molecule has 0 bridgehead atoms. The number of pyridine rings is 1. The van der Waals surface area contributed by atoms with Crippen LogP contribution in [0.4, 0.5) is 4.39 Å². The summed E-state index contributed by atoms with van der Waals surface area (Å²) in [5, 5.41) is 0. The molecule has 3 heteroatoms. The molecule has 0 atom stereocenters. The summed E-state index contributed by atoms with van der Waals surface area (Å²) < 4.78 is 13.7. The molecule has 2 aromatic rings. The van der Waals surface area contributed by atoms with Crippen LogP contribution in [-0.2, 0) is 0 Å². The van der Waals surface area contributed by atoms with Gasteiger partial charge in [0.1, 0.15) is 5.82 Å². The fourth-order valence-electron chi connectivity index (χ4n) is 1.36. The third kappa shape index (κ3) is 1.76. The fourth-order valence-corrected chi connectivity index (χ4v) is 1.36. The average molecular weight is 201 g/mol. The Bertz CT molecular complexity index is 482. The zero-order valence-corrected chi connectivity index (χ0v) is 7.85. The summed E-state index contributed by atoms with van der Waals surface area (Å²) in [4.78, 5) is 14.4. The molecule has 0 saturated heterocycles. The number of aldehydes is 1. The van der Waals surface area contributed by atoms with Gasteiger partial charge in [0, 0.05) is 18.0 Å². The van der Waals surface area contributed by atoms with E-state index in [-0.39, 0.29) is 5.56 Å². The lowest BCUT2D eigenvalue weighted by Gasteiger charge is -2.03. The highest BCUT2D eigenvalue weighted by atomic mass is 19.1. The first-order valence-electron chi connectivity index (χ1n) is 4.47. The van der Waals surface area contributed by atoms with Gasteiger partial charge in [-0.2, -0.15) is 0 Å². The number of nitrogens with zero attached hydrogens (tertiary/aromatic N) is 1. The number of carbonyl (C=O) groups excluding carboxylic acids is 1. The van der Waals surface area contributed by atoms with Crippen molar-refractivity contribution in [1.82, 2.24) is 4.98 Å². The number of hydrogen-bond acceptors (Lipinski definition) is 2. The molecule has 0 radical (unpaired) electrons. The molecular weight excluding hydrogens is 193 g/mol. The minimum absolute atomic E-state index is 0.0173. The van der Waals surface area contributed by atoms with E-state index in [0.717, 1.165) is 0 Å². The summed E-state index contributed by atoms with van der Waals surface area (Å²) in [7, 11) is 0. The lowest BCUT2D eigenvalue weighted by atomic mass is 10.1. The van der Waals surface area contributed by atoms with Crippen LogP contribution >= 0.6 is 0 Å². The van der Waals surface area contributed by atoms with Gasteiger partial charge in [0.05, 0.1) is 5.56 Å². The first-order valence-corrected chi connectivity index (χ1v) is 4.47. The predicted molar refractivity (Wildman–Crippen MR) is 55.0 cm³/mol. The number of aromatic nitrogens is 1. The van der Waals surface area contributed by atoms with Crippen LogP contribution in [0.2, 0.25) is 0 Å². The molecule has 0 aliphatic rings. The summed E-state index contributed by atoms with van der Waals surface area (Å²) in [6, 6.07) is 9.01. The Kier molecular flexibility index (Phi) is 2.54. The van der Waals surface area contributed by atoms with Crippen LogP contribution in [0.3, 0.4) is 0 Å². The van der Waals surface area contributed by atoms with Gasteiger partial charge in [-0.1, -0.05) is 30.3 Å². The van der Waals surface area contributed by atoms with Crippen LogP contribution in [0.5, 0.6) is 0 Å². The second kappa shape index (κ2) is 4.00. The highest BCUT2D eigenvalue weighted by Gasteiger charge is 2.09. The van der Waals surface area contributed by atoms with Gasteiger partial charge in [-0.05, 0) is 5.56 Å². The van der Waals surface area contributed by atoms with E-state index in [0.29, 0.717) is 17.4 Å². The van der Waals surface area contributed by atoms with E-state index in [4.69, 9.17) is 0 Å². The molecule has 0 fully saturated rings. The standard InChI is InChI=1S/C12H8FNO/c13-12-10(8-15)6-14-7-11(12)9-4-2-1-3-5-9/h1-8H. The number of benzene rings is 1. The SMILES string of the molecule is O=Cc1cncc(-c2ccccc2)c1F. The van der Waals surface area contributed by atoms with Crippen LogP contribution in [-0.4, -0.2) is 11.3 Å². The summed E-state index contributed by atoms with van der Waals surface area (Å²) in [6.07, 6.45) is 3.10. The maximum Gasteiger partial charge on any atom is 0.154 e. The van der Waals surface area contributed by atoms with Gasteiger partial charge in [0.15, 0.2) is 6.29 Å². The van der Waals surface area contributed by atoms with Gasteiger partial charge >= 0.3 is 0 Å². The normalized spacial score (nSPS) is 9.93. The van der Waals surface area contributed by atoms with Crippen molar-refractivity contribution in [3.63, 3.8) is 0 Å². The number of carbonyl (C=O) groups is 1. The molecule has 15 heavy (non-hydrogen) atoms. The van der Waals surface area contributed by atoms with Crippen molar-refractivity contribution >= 4 is 6.29 Å². The number of halogens is 1. The van der Waals surface area contributed by atoms with Gasteiger partial charge in [0.2, 0.25) is 0 Å². The summed E-state index contributed by atoms with van der Waals surface area (Å²) in [5.41, 5.74) is 1.04. The largest absolute Gasteiger partial charge is 0.298 e. The Labute approximate surface area is 86.4 Å². The fraction of sp³-hybridized carbons (Fsp3) is 0. The maximum atomic E-state index is 13.7. The van der Waals surface area contributed by atoms with E-state index in [1.165, 1.54) is 12.4 Å². The minimum Gasteiger partial charge on any atom is -0.298 e. The van der Waals surface area contributed by atoms with Crippen LogP contribution in [0, 0.1) is 5.82 Å². The van der Waals surface area contributed by atoms with Gasteiger partial charge in [-0.15, -0.1) is 0 Å². The van der Waals surface area contributed by atoms with Gasteiger partial charge in [-0.25, -0.2) is 4.39 Å². The Hall–Kier alpha value is -2.03. The first kappa shape index (κ1) is 9.52. The highest BCUT2D eigenvalue weighted by Crippen LogP contribution is 2.22. The molecule has 0 unspecified atom stereocenters. The van der Waals surface area contributed by atoms with Crippen LogP contribution in [0.25, 0.3) is 11.1 Å². The smallest absolute Gasteiger partial charge is 0.154 e. The van der Waals surface area contributed by atoms with Crippen molar-refractivity contribution in [2.45, 2.75) is 0 Å². The average Bonchev–Trinajstić information content (AvgIpc) is 2.30. The topological polar surface area (TPSA) is 30.0 Å². The lowest BCUT2D eigenvalue weighted by Crippen LogP contribution is -1.93. The van der Waals surface area contributed by atoms with Crippen LogP contribution in [0.15, 0.2) is 42.7 Å². The third-order valence-corrected chi connectivity index (χ3v) is 2.12. The monoisotopic (exact) mass is 201 g/mol. The third-order valence-electron chi connectivity index (χ3n) is 2.12. The van der Waals surface area contributed by atoms with E-state index in [1.54, 1.807) is 12.1 Å². The van der Waals surface area contributed by atoms with E-state index >= 15 is 0 Å². The lowest BCUT2D eigenvalue weighted by molar-refractivity contribution is 0.111. The van der Waals surface area contributed by atoms with Crippen molar-refractivity contribution in [2.24, 2.45) is 0 Å². The molecule has 0 saturated carbocycles. The van der Waals surface area contributed by atoms with Crippen molar-refractivity contribution in [2.75, 3.05) is 0 Å². The number of hydrogen-bond donors (Lipinski definition) is 0. The predicted octanol–water partition coefficient (Wildman–Crippen LogP) is 2.70. The Morgan fingerprint density at radius 3 is 2.53 bits per heavy atom. The van der Waals surface area contributed by atoms with E-state index in [1.807, 2.05) is 18.2 Å². The molecule has 2 rings (SSSR count). The summed E-state index contributed by atoms with van der Waals surface area (Å²) in [6.45, 7) is 0. The van der Waals surface area contributed by atoms with Gasteiger partial charge in [0.25, 0.3) is 0 Å². The summed E-state index contributed by atoms with van der Waals surface area (Å²) >= 11 is 0. The first-order chi connectivity index (χ1) is 7.33. The van der Waals surface area contributed by atoms with Gasteiger partial charge in [-0.3, -0.25) is 9.78 Å². The van der Waals surface area contributed by atoms with Gasteiger partial charge < -0.3 is 0 Å². The second-order valence-corrected chi connectivity index (χ2v) is 3.07. The van der Waals surface area contributed by atoms with Crippen molar-refractivity contribution in [3.05, 3.63) is 54.1 Å². The van der Waals surface area contributed by atoms with Crippen molar-refractivity contribution in [3.8, 4) is 11.1 Å². The molecular formula is C12H8FNO. The van der Waals surface area contributed by atoms with Crippen LogP contribution < -0.4 is 0 Å². The van der Waals surface area contributed by atoms with Crippen molar-refractivity contribution in [1.29, 1.82) is 0 Å².